The van der Waals surface area contributed by atoms with E-state index in [0.717, 1.165) is 9.87 Å². The average molecular weight is 620 g/mol. The van der Waals surface area contributed by atoms with E-state index in [1.807, 2.05) is 30.3 Å². The van der Waals surface area contributed by atoms with Gasteiger partial charge in [0, 0.05) is 26.1 Å². The molecule has 0 bridgehead atoms. The van der Waals surface area contributed by atoms with Gasteiger partial charge in [0.05, 0.1) is 24.8 Å². The summed E-state index contributed by atoms with van der Waals surface area (Å²) in [5.41, 5.74) is 1.51. The number of amides is 2. The zero-order valence-corrected chi connectivity index (χ0v) is 25.5. The van der Waals surface area contributed by atoms with E-state index in [2.05, 4.69) is 5.32 Å². The molecule has 9 nitrogen and oxygen atoms in total. The third-order valence-electron chi connectivity index (χ3n) is 7.05. The van der Waals surface area contributed by atoms with Crippen molar-refractivity contribution in [3.8, 4) is 11.5 Å². The number of hydrogen-bond donors (Lipinski definition) is 1. The molecular formula is C33H34FN3O6S. The van der Waals surface area contributed by atoms with Crippen LogP contribution < -0.4 is 19.1 Å². The molecule has 0 saturated carbocycles. The van der Waals surface area contributed by atoms with Crippen molar-refractivity contribution >= 4 is 27.5 Å². The number of nitrogens with one attached hydrogen (secondary N) is 1. The number of anilines is 1. The van der Waals surface area contributed by atoms with Gasteiger partial charge in [0.2, 0.25) is 11.8 Å². The molecular weight excluding hydrogens is 585 g/mol. The molecule has 0 heterocycles. The van der Waals surface area contributed by atoms with Crippen molar-refractivity contribution < 1.29 is 31.9 Å². The third-order valence-corrected chi connectivity index (χ3v) is 8.84. The van der Waals surface area contributed by atoms with Crippen molar-refractivity contribution in [2.45, 2.75) is 23.9 Å². The highest BCUT2D eigenvalue weighted by Crippen LogP contribution is 2.34. The third kappa shape index (κ3) is 7.54. The van der Waals surface area contributed by atoms with Crippen molar-refractivity contribution in [1.82, 2.24) is 10.2 Å². The molecule has 0 radical (unpaired) electrons. The van der Waals surface area contributed by atoms with Crippen LogP contribution in [0.4, 0.5) is 10.1 Å². The number of sulfonamides is 1. The van der Waals surface area contributed by atoms with Crippen LogP contribution in [-0.4, -0.2) is 59.0 Å². The molecule has 0 spiro atoms. The topological polar surface area (TPSA) is 105 Å². The van der Waals surface area contributed by atoms with Crippen molar-refractivity contribution in [3.05, 3.63) is 120 Å². The number of likely N-dealkylation sites (N-methyl/N-ethyl adjacent to an activating group) is 1. The predicted molar refractivity (Wildman–Crippen MR) is 165 cm³/mol. The minimum Gasteiger partial charge on any atom is -0.493 e. The number of ether oxygens (including phenoxy) is 2. The second-order valence-electron chi connectivity index (χ2n) is 9.83. The first-order valence-electron chi connectivity index (χ1n) is 13.8. The quantitative estimate of drug-likeness (QED) is 0.238. The van der Waals surface area contributed by atoms with Gasteiger partial charge in [-0.3, -0.25) is 13.9 Å². The summed E-state index contributed by atoms with van der Waals surface area (Å²) in [4.78, 5) is 28.9. The highest BCUT2D eigenvalue weighted by atomic mass is 32.2. The Bertz CT molecular complexity index is 1670. The van der Waals surface area contributed by atoms with Gasteiger partial charge in [-0.25, -0.2) is 12.8 Å². The Hall–Kier alpha value is -4.90. The molecule has 0 fully saturated rings. The van der Waals surface area contributed by atoms with Crippen LogP contribution in [-0.2, 0) is 32.6 Å². The zero-order chi connectivity index (χ0) is 31.7. The van der Waals surface area contributed by atoms with E-state index in [0.29, 0.717) is 11.3 Å². The second-order valence-corrected chi connectivity index (χ2v) is 11.7. The van der Waals surface area contributed by atoms with Gasteiger partial charge in [-0.05, 0) is 47.5 Å². The Kier molecular flexibility index (Phi) is 10.6. The Morgan fingerprint density at radius 3 is 2.02 bits per heavy atom. The van der Waals surface area contributed by atoms with E-state index in [1.165, 1.54) is 74.7 Å². The fraction of sp³-hybridized carbons (Fsp3) is 0.212. The maximum atomic E-state index is 14.3. The standard InChI is InChI=1S/C33H34FN3O6S/c1-35-33(39)29(20-24-10-6-4-7-11-24)36(22-25-14-16-26(34)17-15-25)32(38)23-37(44(40,41)28-12-8-5-9-13-28)27-18-19-30(42-2)31(21-27)43-3/h4-19,21,29H,20,22-23H2,1-3H3,(H,35,39)/t29-/m0/s1. The van der Waals surface area contributed by atoms with Crippen LogP contribution >= 0.6 is 0 Å². The molecule has 1 N–H and O–H groups in total. The maximum Gasteiger partial charge on any atom is 0.264 e. The first-order chi connectivity index (χ1) is 21.2. The van der Waals surface area contributed by atoms with E-state index in [1.54, 1.807) is 24.3 Å². The molecule has 44 heavy (non-hydrogen) atoms. The smallest absolute Gasteiger partial charge is 0.264 e. The first-order valence-corrected chi connectivity index (χ1v) is 15.2. The van der Waals surface area contributed by atoms with Crippen LogP contribution in [0, 0.1) is 5.82 Å². The predicted octanol–water partition coefficient (Wildman–Crippen LogP) is 4.42. The van der Waals surface area contributed by atoms with Crippen LogP contribution in [0.2, 0.25) is 0 Å². The minimum absolute atomic E-state index is 0.0280. The highest BCUT2D eigenvalue weighted by Gasteiger charge is 2.34. The Labute approximate surface area is 256 Å². The number of carbonyl (C=O) groups is 2. The largest absolute Gasteiger partial charge is 0.493 e. The summed E-state index contributed by atoms with van der Waals surface area (Å²) in [6.45, 7) is -0.717. The number of methoxy groups -OCH3 is 2. The van der Waals surface area contributed by atoms with Gasteiger partial charge in [-0.15, -0.1) is 0 Å². The van der Waals surface area contributed by atoms with E-state index >= 15 is 0 Å². The summed E-state index contributed by atoms with van der Waals surface area (Å²) in [6, 6.07) is 26.0. The van der Waals surface area contributed by atoms with E-state index in [-0.39, 0.29) is 29.3 Å². The number of benzene rings is 4. The molecule has 0 saturated heterocycles. The Balaban J connectivity index is 1.81. The Morgan fingerprint density at radius 1 is 0.818 bits per heavy atom. The summed E-state index contributed by atoms with van der Waals surface area (Å²) in [5, 5.41) is 2.63. The molecule has 230 valence electrons. The Morgan fingerprint density at radius 2 is 1.43 bits per heavy atom. The lowest BCUT2D eigenvalue weighted by atomic mass is 10.0. The van der Waals surface area contributed by atoms with Gasteiger partial charge in [-0.2, -0.15) is 0 Å². The summed E-state index contributed by atoms with van der Waals surface area (Å²) < 4.78 is 53.6. The van der Waals surface area contributed by atoms with Gasteiger partial charge < -0.3 is 19.7 Å². The van der Waals surface area contributed by atoms with Gasteiger partial charge in [0.15, 0.2) is 11.5 Å². The molecule has 0 unspecified atom stereocenters. The number of nitrogens with zero attached hydrogens (tertiary/aromatic N) is 2. The molecule has 0 aromatic heterocycles. The fourth-order valence-electron chi connectivity index (χ4n) is 4.74. The van der Waals surface area contributed by atoms with E-state index in [4.69, 9.17) is 9.47 Å². The summed E-state index contributed by atoms with van der Waals surface area (Å²) in [5.74, 6) is -0.894. The van der Waals surface area contributed by atoms with Gasteiger partial charge in [0.1, 0.15) is 18.4 Å². The van der Waals surface area contributed by atoms with Crippen LogP contribution in [0.5, 0.6) is 11.5 Å². The highest BCUT2D eigenvalue weighted by molar-refractivity contribution is 7.92. The molecule has 4 aromatic carbocycles. The molecule has 2 amide bonds. The molecule has 0 aliphatic heterocycles. The number of hydrogen-bond acceptors (Lipinski definition) is 6. The lowest BCUT2D eigenvalue weighted by Crippen LogP contribution is -2.53. The molecule has 1 atom stereocenters. The van der Waals surface area contributed by atoms with Crippen LogP contribution in [0.25, 0.3) is 0 Å². The monoisotopic (exact) mass is 619 g/mol. The number of halogens is 1. The SMILES string of the molecule is CNC(=O)[C@H](Cc1ccccc1)N(Cc1ccc(F)cc1)C(=O)CN(c1ccc(OC)c(OC)c1)S(=O)(=O)c1ccccc1. The lowest BCUT2D eigenvalue weighted by Gasteiger charge is -2.33. The van der Waals surface area contributed by atoms with Gasteiger partial charge >= 0.3 is 0 Å². The van der Waals surface area contributed by atoms with Crippen molar-refractivity contribution in [2.24, 2.45) is 0 Å². The lowest BCUT2D eigenvalue weighted by molar-refractivity contribution is -0.139. The van der Waals surface area contributed by atoms with Crippen LogP contribution in [0.15, 0.2) is 108 Å². The second kappa shape index (κ2) is 14.5. The van der Waals surface area contributed by atoms with E-state index in [9.17, 15) is 22.4 Å². The normalized spacial score (nSPS) is 11.7. The van der Waals surface area contributed by atoms with Gasteiger partial charge in [0.25, 0.3) is 10.0 Å². The summed E-state index contributed by atoms with van der Waals surface area (Å²) >= 11 is 0. The summed E-state index contributed by atoms with van der Waals surface area (Å²) in [6.07, 6.45) is 0.162. The van der Waals surface area contributed by atoms with Gasteiger partial charge in [-0.1, -0.05) is 60.7 Å². The van der Waals surface area contributed by atoms with Crippen molar-refractivity contribution in [1.29, 1.82) is 0 Å². The minimum atomic E-state index is -4.28. The maximum absolute atomic E-state index is 14.3. The average Bonchev–Trinajstić information content (AvgIpc) is 3.06. The van der Waals surface area contributed by atoms with Crippen molar-refractivity contribution in [2.75, 3.05) is 32.1 Å². The molecule has 11 heteroatoms. The number of carbonyl (C=O) groups excluding carboxylic acids is 2. The molecule has 4 rings (SSSR count). The number of rotatable bonds is 13. The van der Waals surface area contributed by atoms with Crippen molar-refractivity contribution in [3.63, 3.8) is 0 Å². The molecule has 0 aliphatic rings. The molecule has 4 aromatic rings. The van der Waals surface area contributed by atoms with Crippen LogP contribution in [0.1, 0.15) is 11.1 Å². The van der Waals surface area contributed by atoms with Crippen LogP contribution in [0.3, 0.4) is 0 Å². The summed E-state index contributed by atoms with van der Waals surface area (Å²) in [7, 11) is 0.0704. The fourth-order valence-corrected chi connectivity index (χ4v) is 6.16. The van der Waals surface area contributed by atoms with E-state index < -0.39 is 40.2 Å². The molecule has 0 aliphatic carbocycles. The zero-order valence-electron chi connectivity index (χ0n) is 24.6. The first kappa shape index (κ1) is 32.0.